The van der Waals surface area contributed by atoms with E-state index in [1.54, 1.807) is 0 Å². The van der Waals surface area contributed by atoms with Crippen LogP contribution in [0, 0.1) is 28.0 Å². The van der Waals surface area contributed by atoms with Crippen LogP contribution < -0.4 is 5.56 Å². The van der Waals surface area contributed by atoms with Crippen molar-refractivity contribution in [3.8, 4) is 5.69 Å². The van der Waals surface area contributed by atoms with Crippen molar-refractivity contribution in [2.75, 3.05) is 0 Å². The van der Waals surface area contributed by atoms with E-state index in [0.29, 0.717) is 4.57 Å². The predicted molar refractivity (Wildman–Crippen MR) is 57.1 cm³/mol. The third-order valence-corrected chi connectivity index (χ3v) is 2.45. The van der Waals surface area contributed by atoms with E-state index in [2.05, 4.69) is 17.2 Å². The lowest BCUT2D eigenvalue weighted by molar-refractivity contribution is 0.447. The van der Waals surface area contributed by atoms with Crippen molar-refractivity contribution in [1.29, 1.82) is 0 Å². The molecule has 18 heavy (non-hydrogen) atoms. The number of hydrogen-bond acceptors (Lipinski definition) is 2. The van der Waals surface area contributed by atoms with E-state index in [9.17, 15) is 22.4 Å². The van der Waals surface area contributed by atoms with Gasteiger partial charge >= 0.3 is 0 Å². The average Bonchev–Trinajstić information content (AvgIpc) is 2.29. The molecule has 0 fully saturated rings. The Morgan fingerprint density at radius 1 is 1.11 bits per heavy atom. The van der Waals surface area contributed by atoms with Crippen LogP contribution >= 0.6 is 12.2 Å². The topological polar surface area (TPSA) is 37.8 Å². The van der Waals surface area contributed by atoms with Crippen LogP contribution in [0.4, 0.5) is 17.6 Å². The molecular formula is C10H4F4N2OS. The average molecular weight is 276 g/mol. The Labute approximate surface area is 102 Å². The van der Waals surface area contributed by atoms with Crippen molar-refractivity contribution in [2.24, 2.45) is 0 Å². The minimum Gasteiger partial charge on any atom is -0.299 e. The summed E-state index contributed by atoms with van der Waals surface area (Å²) in [5, 5.41) is 0. The summed E-state index contributed by atoms with van der Waals surface area (Å²) in [6.45, 7) is 0. The van der Waals surface area contributed by atoms with E-state index < -0.39 is 34.5 Å². The van der Waals surface area contributed by atoms with Crippen molar-refractivity contribution < 1.29 is 17.6 Å². The van der Waals surface area contributed by atoms with Gasteiger partial charge in [-0.1, -0.05) is 0 Å². The highest BCUT2D eigenvalue weighted by Crippen LogP contribution is 2.22. The second-order valence-electron chi connectivity index (χ2n) is 3.30. The van der Waals surface area contributed by atoms with Crippen LogP contribution in [0.2, 0.25) is 0 Å². The quantitative estimate of drug-likeness (QED) is 0.493. The molecule has 0 radical (unpaired) electrons. The number of rotatable bonds is 1. The maximum Gasteiger partial charge on any atom is 0.251 e. The number of nitrogens with one attached hydrogen (secondary N) is 1. The summed E-state index contributed by atoms with van der Waals surface area (Å²) in [6.07, 6.45) is 0.918. The minimum atomic E-state index is -1.60. The number of nitrogens with zero attached hydrogens (tertiary/aromatic N) is 1. The Hall–Kier alpha value is -1.96. The van der Waals surface area contributed by atoms with Crippen LogP contribution in [0.3, 0.4) is 0 Å². The molecule has 94 valence electrons. The third kappa shape index (κ3) is 1.94. The van der Waals surface area contributed by atoms with Gasteiger partial charge in [-0.2, -0.15) is 0 Å². The van der Waals surface area contributed by atoms with Crippen LogP contribution in [0.25, 0.3) is 5.69 Å². The Morgan fingerprint density at radius 2 is 1.67 bits per heavy atom. The highest BCUT2D eigenvalue weighted by molar-refractivity contribution is 7.71. The van der Waals surface area contributed by atoms with Crippen molar-refractivity contribution in [1.82, 2.24) is 9.55 Å². The molecule has 2 aromatic rings. The van der Waals surface area contributed by atoms with Gasteiger partial charge in [0.15, 0.2) is 28.0 Å². The lowest BCUT2D eigenvalue weighted by atomic mass is 10.2. The maximum atomic E-state index is 13.5. The Morgan fingerprint density at radius 3 is 2.17 bits per heavy atom. The SMILES string of the molecule is O=c1ccn(-c2c(F)c(F)cc(F)c2F)c(=S)[nH]1. The second kappa shape index (κ2) is 4.37. The number of hydrogen-bond donors (Lipinski definition) is 1. The number of aromatic nitrogens is 2. The van der Waals surface area contributed by atoms with Gasteiger partial charge in [-0.25, -0.2) is 17.6 Å². The fourth-order valence-electron chi connectivity index (χ4n) is 1.37. The van der Waals surface area contributed by atoms with E-state index in [-0.39, 0.29) is 10.8 Å². The van der Waals surface area contributed by atoms with Crippen molar-refractivity contribution in [3.05, 3.63) is 56.7 Å². The van der Waals surface area contributed by atoms with Gasteiger partial charge in [0.2, 0.25) is 0 Å². The molecule has 1 aromatic heterocycles. The first-order valence-corrected chi connectivity index (χ1v) is 4.98. The molecule has 0 unspecified atom stereocenters. The molecule has 0 bridgehead atoms. The molecule has 0 amide bonds. The molecule has 1 aromatic carbocycles. The molecule has 2 rings (SSSR count). The molecule has 0 aliphatic rings. The van der Waals surface area contributed by atoms with Gasteiger partial charge in [-0.05, 0) is 12.2 Å². The standard InChI is InChI=1S/C10H4F4N2OS/c11-4-3-5(12)8(14)9(7(4)13)16-2-1-6(17)15-10(16)18/h1-3H,(H,15,17,18). The van der Waals surface area contributed by atoms with Gasteiger partial charge in [0, 0.05) is 18.3 Å². The lowest BCUT2D eigenvalue weighted by Gasteiger charge is -2.09. The van der Waals surface area contributed by atoms with Crippen LogP contribution in [0.1, 0.15) is 0 Å². The van der Waals surface area contributed by atoms with Crippen LogP contribution in [-0.4, -0.2) is 9.55 Å². The molecule has 1 N–H and O–H groups in total. The first-order valence-electron chi connectivity index (χ1n) is 4.57. The Balaban J connectivity index is 2.87. The number of halogens is 4. The Kier molecular flexibility index (Phi) is 3.04. The summed E-state index contributed by atoms with van der Waals surface area (Å²) in [7, 11) is 0. The fraction of sp³-hybridized carbons (Fsp3) is 0. The van der Waals surface area contributed by atoms with E-state index in [1.807, 2.05) is 0 Å². The van der Waals surface area contributed by atoms with Gasteiger partial charge in [-0.3, -0.25) is 14.3 Å². The second-order valence-corrected chi connectivity index (χ2v) is 3.68. The zero-order chi connectivity index (χ0) is 13.4. The van der Waals surface area contributed by atoms with Crippen molar-refractivity contribution in [2.45, 2.75) is 0 Å². The van der Waals surface area contributed by atoms with Crippen molar-refractivity contribution in [3.63, 3.8) is 0 Å². The van der Waals surface area contributed by atoms with E-state index in [0.717, 1.165) is 12.3 Å². The van der Waals surface area contributed by atoms with E-state index >= 15 is 0 Å². The molecular weight excluding hydrogens is 272 g/mol. The molecule has 1 heterocycles. The largest absolute Gasteiger partial charge is 0.299 e. The monoisotopic (exact) mass is 276 g/mol. The summed E-state index contributed by atoms with van der Waals surface area (Å²) in [5.41, 5.74) is -1.62. The van der Waals surface area contributed by atoms with Crippen LogP contribution in [0.5, 0.6) is 0 Å². The summed E-state index contributed by atoms with van der Waals surface area (Å²) in [5.74, 6) is -6.32. The van der Waals surface area contributed by atoms with Gasteiger partial charge in [-0.15, -0.1) is 0 Å². The zero-order valence-corrected chi connectivity index (χ0v) is 9.32. The number of H-pyrrole nitrogens is 1. The molecule has 0 atom stereocenters. The first kappa shape index (κ1) is 12.5. The van der Waals surface area contributed by atoms with Crippen molar-refractivity contribution >= 4 is 12.2 Å². The van der Waals surface area contributed by atoms with Crippen LogP contribution in [-0.2, 0) is 0 Å². The van der Waals surface area contributed by atoms with E-state index in [4.69, 9.17) is 0 Å². The lowest BCUT2D eigenvalue weighted by Crippen LogP contribution is -2.13. The molecule has 0 saturated carbocycles. The normalized spacial score (nSPS) is 10.7. The van der Waals surface area contributed by atoms with Gasteiger partial charge in [0.25, 0.3) is 5.56 Å². The molecule has 0 spiro atoms. The molecule has 0 aliphatic heterocycles. The van der Waals surface area contributed by atoms with E-state index in [1.165, 1.54) is 0 Å². The molecule has 0 saturated heterocycles. The molecule has 3 nitrogen and oxygen atoms in total. The number of aromatic amines is 1. The highest BCUT2D eigenvalue weighted by Gasteiger charge is 2.20. The highest BCUT2D eigenvalue weighted by atomic mass is 32.1. The molecule has 0 aliphatic carbocycles. The summed E-state index contributed by atoms with van der Waals surface area (Å²) >= 11 is 4.66. The predicted octanol–water partition coefficient (Wildman–Crippen LogP) is 2.45. The smallest absolute Gasteiger partial charge is 0.251 e. The zero-order valence-electron chi connectivity index (χ0n) is 8.51. The van der Waals surface area contributed by atoms with Gasteiger partial charge in [0.05, 0.1) is 0 Å². The molecule has 8 heteroatoms. The summed E-state index contributed by atoms with van der Waals surface area (Å²) in [4.78, 5) is 13.0. The summed E-state index contributed by atoms with van der Waals surface area (Å²) in [6, 6.07) is 1.00. The number of benzene rings is 1. The van der Waals surface area contributed by atoms with Gasteiger partial charge < -0.3 is 0 Å². The minimum absolute atomic E-state index is 0.0868. The first-order chi connectivity index (χ1) is 8.41. The summed E-state index contributed by atoms with van der Waals surface area (Å²) < 4.78 is 53.2. The Bertz CT molecular complexity index is 711. The maximum absolute atomic E-state index is 13.5. The van der Waals surface area contributed by atoms with Gasteiger partial charge in [0.1, 0.15) is 5.69 Å². The van der Waals surface area contributed by atoms with Crippen LogP contribution in [0.15, 0.2) is 23.1 Å². The third-order valence-electron chi connectivity index (χ3n) is 2.15. The fourth-order valence-corrected chi connectivity index (χ4v) is 1.62.